The lowest BCUT2D eigenvalue weighted by atomic mass is 10.2. The Kier molecular flexibility index (Phi) is 3.22. The average Bonchev–Trinajstić information content (AvgIpc) is 2.29. The summed E-state index contributed by atoms with van der Waals surface area (Å²) in [6.07, 6.45) is 0. The van der Waals surface area contributed by atoms with Gasteiger partial charge in [-0.1, -0.05) is 11.6 Å². The van der Waals surface area contributed by atoms with Crippen molar-refractivity contribution >= 4 is 44.4 Å². The molecule has 0 unspecified atom stereocenters. The second-order valence-electron chi connectivity index (χ2n) is 3.30. The Hall–Kier alpha value is -1.33. The van der Waals surface area contributed by atoms with Crippen LogP contribution in [0.25, 0.3) is 10.9 Å². The Bertz CT molecular complexity index is 615. The highest BCUT2D eigenvalue weighted by Crippen LogP contribution is 2.32. The normalized spacial score (nSPS) is 10.5. The van der Waals surface area contributed by atoms with Crippen molar-refractivity contribution in [3.63, 3.8) is 0 Å². The van der Waals surface area contributed by atoms with Crippen LogP contribution in [0.5, 0.6) is 5.75 Å². The molecule has 1 N–H and O–H groups in total. The Morgan fingerprint density at radius 2 is 2.18 bits per heavy atom. The maximum absolute atomic E-state index is 10.9. The second-order valence-corrected chi connectivity index (χ2v) is 4.56. The number of rotatable bonds is 2. The van der Waals surface area contributed by atoms with Gasteiger partial charge in [-0.05, 0) is 34.1 Å². The quantitative estimate of drug-likeness (QED) is 0.923. The number of aromatic nitrogens is 1. The maximum atomic E-state index is 10.9. The van der Waals surface area contributed by atoms with Crippen LogP contribution in [0.2, 0.25) is 5.02 Å². The number of carboxylic acids is 1. The molecule has 0 aliphatic rings. The summed E-state index contributed by atoms with van der Waals surface area (Å²) in [5, 5.41) is 9.87. The molecule has 1 heterocycles. The molecule has 0 fully saturated rings. The van der Waals surface area contributed by atoms with Crippen molar-refractivity contribution in [1.82, 2.24) is 4.98 Å². The van der Waals surface area contributed by atoms with Crippen molar-refractivity contribution in [3.8, 4) is 5.75 Å². The summed E-state index contributed by atoms with van der Waals surface area (Å²) in [6, 6.07) is 4.73. The molecule has 0 amide bonds. The van der Waals surface area contributed by atoms with Crippen molar-refractivity contribution in [2.24, 2.45) is 0 Å². The van der Waals surface area contributed by atoms with Gasteiger partial charge in [0.15, 0.2) is 0 Å². The minimum Gasteiger partial charge on any atom is -0.497 e. The van der Waals surface area contributed by atoms with Crippen LogP contribution in [0.15, 0.2) is 22.7 Å². The molecule has 0 saturated carbocycles. The molecule has 88 valence electrons. The fraction of sp³-hybridized carbons (Fsp3) is 0.0909. The van der Waals surface area contributed by atoms with E-state index in [1.807, 2.05) is 0 Å². The van der Waals surface area contributed by atoms with Crippen LogP contribution in [0.3, 0.4) is 0 Å². The van der Waals surface area contributed by atoms with E-state index in [1.54, 1.807) is 19.2 Å². The molecular formula is C11H7BrClNO3. The first-order valence-corrected chi connectivity index (χ1v) is 5.77. The maximum Gasteiger partial charge on any atom is 0.354 e. The van der Waals surface area contributed by atoms with Crippen LogP contribution < -0.4 is 4.74 Å². The van der Waals surface area contributed by atoms with E-state index in [4.69, 9.17) is 21.4 Å². The monoisotopic (exact) mass is 315 g/mol. The summed E-state index contributed by atoms with van der Waals surface area (Å²) in [5.41, 5.74) is 0.407. The molecule has 0 atom stereocenters. The molecular weight excluding hydrogens is 309 g/mol. The fourth-order valence-corrected chi connectivity index (χ4v) is 2.22. The van der Waals surface area contributed by atoms with Gasteiger partial charge in [0.05, 0.1) is 17.6 Å². The third kappa shape index (κ3) is 2.21. The summed E-state index contributed by atoms with van der Waals surface area (Å²) in [5.74, 6) is -0.493. The number of carboxylic acid groups (broad SMARTS) is 1. The topological polar surface area (TPSA) is 59.4 Å². The molecule has 0 aliphatic heterocycles. The molecule has 2 aromatic rings. The predicted octanol–water partition coefficient (Wildman–Crippen LogP) is 3.36. The lowest BCUT2D eigenvalue weighted by molar-refractivity contribution is 0.0691. The number of hydrogen-bond donors (Lipinski definition) is 1. The SMILES string of the molecule is COc1cc(Br)c2nc(C(=O)O)cc(Cl)c2c1. The van der Waals surface area contributed by atoms with Gasteiger partial charge in [-0.15, -0.1) is 0 Å². The predicted molar refractivity (Wildman–Crippen MR) is 68.0 cm³/mol. The first kappa shape index (κ1) is 12.1. The van der Waals surface area contributed by atoms with Crippen LogP contribution in [0.1, 0.15) is 10.5 Å². The lowest BCUT2D eigenvalue weighted by Gasteiger charge is -2.07. The van der Waals surface area contributed by atoms with Gasteiger partial charge in [-0.2, -0.15) is 0 Å². The van der Waals surface area contributed by atoms with E-state index in [0.29, 0.717) is 26.1 Å². The summed E-state index contributed by atoms with van der Waals surface area (Å²) in [7, 11) is 1.54. The van der Waals surface area contributed by atoms with Gasteiger partial charge >= 0.3 is 5.97 Å². The molecule has 0 saturated heterocycles. The van der Waals surface area contributed by atoms with E-state index in [2.05, 4.69) is 20.9 Å². The number of carbonyl (C=O) groups is 1. The number of pyridine rings is 1. The van der Waals surface area contributed by atoms with E-state index in [0.717, 1.165) is 0 Å². The van der Waals surface area contributed by atoms with Crippen molar-refractivity contribution in [1.29, 1.82) is 0 Å². The minimum absolute atomic E-state index is 0.0895. The summed E-state index contributed by atoms with van der Waals surface area (Å²) in [4.78, 5) is 14.9. The third-order valence-corrected chi connectivity index (χ3v) is 3.16. The highest BCUT2D eigenvalue weighted by atomic mass is 79.9. The number of ether oxygens (including phenoxy) is 1. The van der Waals surface area contributed by atoms with Gasteiger partial charge in [0.1, 0.15) is 11.4 Å². The molecule has 0 radical (unpaired) electrons. The molecule has 0 spiro atoms. The molecule has 2 rings (SSSR count). The zero-order valence-electron chi connectivity index (χ0n) is 8.70. The van der Waals surface area contributed by atoms with E-state index in [9.17, 15) is 4.79 Å². The van der Waals surface area contributed by atoms with E-state index >= 15 is 0 Å². The Morgan fingerprint density at radius 3 is 2.76 bits per heavy atom. The van der Waals surface area contributed by atoms with E-state index in [-0.39, 0.29) is 5.69 Å². The Labute approximate surface area is 110 Å². The first-order valence-electron chi connectivity index (χ1n) is 4.60. The highest BCUT2D eigenvalue weighted by Gasteiger charge is 2.13. The second kappa shape index (κ2) is 4.50. The highest BCUT2D eigenvalue weighted by molar-refractivity contribution is 9.10. The van der Waals surface area contributed by atoms with Crippen molar-refractivity contribution in [2.45, 2.75) is 0 Å². The van der Waals surface area contributed by atoms with Gasteiger partial charge in [0.2, 0.25) is 0 Å². The molecule has 0 bridgehead atoms. The minimum atomic E-state index is -1.11. The van der Waals surface area contributed by atoms with Crippen molar-refractivity contribution < 1.29 is 14.6 Å². The molecule has 6 heteroatoms. The molecule has 4 nitrogen and oxygen atoms in total. The van der Waals surface area contributed by atoms with Crippen LogP contribution in [0, 0.1) is 0 Å². The van der Waals surface area contributed by atoms with Crippen LogP contribution in [-0.4, -0.2) is 23.2 Å². The van der Waals surface area contributed by atoms with E-state index in [1.165, 1.54) is 6.07 Å². The van der Waals surface area contributed by atoms with E-state index < -0.39 is 5.97 Å². The number of benzene rings is 1. The van der Waals surface area contributed by atoms with Gasteiger partial charge < -0.3 is 9.84 Å². The molecule has 1 aromatic heterocycles. The lowest BCUT2D eigenvalue weighted by Crippen LogP contribution is -2.01. The zero-order valence-corrected chi connectivity index (χ0v) is 11.0. The van der Waals surface area contributed by atoms with Gasteiger partial charge in [-0.3, -0.25) is 0 Å². The van der Waals surface area contributed by atoms with Crippen molar-refractivity contribution in [3.05, 3.63) is 33.4 Å². The third-order valence-electron chi connectivity index (χ3n) is 2.24. The largest absolute Gasteiger partial charge is 0.497 e. The molecule has 17 heavy (non-hydrogen) atoms. The molecule has 0 aliphatic carbocycles. The first-order chi connectivity index (χ1) is 8.02. The summed E-state index contributed by atoms with van der Waals surface area (Å²) >= 11 is 9.34. The standard InChI is InChI=1S/C11H7BrClNO3/c1-17-5-2-6-8(13)4-9(11(15)16)14-10(6)7(12)3-5/h2-4H,1H3,(H,15,16). The number of halogens is 2. The Morgan fingerprint density at radius 1 is 1.47 bits per heavy atom. The number of aromatic carboxylic acids is 1. The van der Waals surface area contributed by atoms with Gasteiger partial charge in [-0.25, -0.2) is 9.78 Å². The van der Waals surface area contributed by atoms with Crippen LogP contribution >= 0.6 is 27.5 Å². The Balaban J connectivity index is 2.81. The van der Waals surface area contributed by atoms with Crippen LogP contribution in [-0.2, 0) is 0 Å². The summed E-state index contributed by atoms with van der Waals surface area (Å²) < 4.78 is 5.74. The number of methoxy groups -OCH3 is 1. The number of hydrogen-bond acceptors (Lipinski definition) is 3. The van der Waals surface area contributed by atoms with Gasteiger partial charge in [0.25, 0.3) is 0 Å². The zero-order chi connectivity index (χ0) is 12.6. The molecule has 1 aromatic carbocycles. The number of nitrogens with zero attached hydrogens (tertiary/aromatic N) is 1. The summed E-state index contributed by atoms with van der Waals surface area (Å²) in [6.45, 7) is 0. The average molecular weight is 317 g/mol. The van der Waals surface area contributed by atoms with Crippen LogP contribution in [0.4, 0.5) is 0 Å². The number of fused-ring (bicyclic) bond motifs is 1. The fourth-order valence-electron chi connectivity index (χ4n) is 1.45. The smallest absolute Gasteiger partial charge is 0.354 e. The van der Waals surface area contributed by atoms with Crippen molar-refractivity contribution in [2.75, 3.05) is 7.11 Å². The van der Waals surface area contributed by atoms with Gasteiger partial charge in [0, 0.05) is 9.86 Å².